The highest BCUT2D eigenvalue weighted by atomic mass is 16.5. The fourth-order valence-electron chi connectivity index (χ4n) is 3.62. The topological polar surface area (TPSA) is 65.2 Å². The average molecular weight is 348 g/mol. The lowest BCUT2D eigenvalue weighted by atomic mass is 9.79. The first-order valence-electron chi connectivity index (χ1n) is 8.88. The normalized spacial score (nSPS) is 15.7. The predicted octanol–water partition coefficient (Wildman–Crippen LogP) is 4.29. The quantitative estimate of drug-likeness (QED) is 0.644. The number of carbonyl (C=O) groups excluding carboxylic acids is 1. The number of aromatic nitrogens is 2. The van der Waals surface area contributed by atoms with E-state index in [1.54, 1.807) is 0 Å². The van der Waals surface area contributed by atoms with Gasteiger partial charge in [-0.05, 0) is 30.5 Å². The Kier molecular flexibility index (Phi) is 4.52. The predicted molar refractivity (Wildman–Crippen MR) is 96.1 cm³/mol. The van der Waals surface area contributed by atoms with E-state index < -0.39 is 5.41 Å². The van der Waals surface area contributed by atoms with Crippen molar-refractivity contribution in [2.45, 2.75) is 37.7 Å². The third-order valence-electron chi connectivity index (χ3n) is 4.99. The van der Waals surface area contributed by atoms with Gasteiger partial charge in [0.1, 0.15) is 0 Å². The van der Waals surface area contributed by atoms with Crippen molar-refractivity contribution in [2.75, 3.05) is 0 Å². The smallest absolute Gasteiger partial charge is 0.317 e. The van der Waals surface area contributed by atoms with Gasteiger partial charge in [0.25, 0.3) is 5.89 Å². The maximum Gasteiger partial charge on any atom is 0.317 e. The number of hydrogen-bond donors (Lipinski definition) is 0. The molecule has 0 saturated heterocycles. The molecule has 1 saturated carbocycles. The van der Waals surface area contributed by atoms with E-state index >= 15 is 0 Å². The summed E-state index contributed by atoms with van der Waals surface area (Å²) >= 11 is 0. The first-order valence-corrected chi connectivity index (χ1v) is 8.88. The van der Waals surface area contributed by atoms with Gasteiger partial charge in [-0.1, -0.05) is 61.4 Å². The van der Waals surface area contributed by atoms with Crippen LogP contribution in [-0.2, 0) is 21.6 Å². The average Bonchev–Trinajstić information content (AvgIpc) is 3.38. The van der Waals surface area contributed by atoms with Gasteiger partial charge in [0.05, 0.1) is 5.41 Å². The molecule has 0 spiro atoms. The molecule has 3 aromatic rings. The molecule has 4 rings (SSSR count). The Bertz CT molecular complexity index is 869. The lowest BCUT2D eigenvalue weighted by Crippen LogP contribution is -2.34. The Hall–Kier alpha value is -2.95. The second-order valence-corrected chi connectivity index (χ2v) is 6.60. The molecular formula is C21H20N2O3. The molecule has 0 N–H and O–H groups in total. The van der Waals surface area contributed by atoms with Crippen molar-refractivity contribution in [3.05, 3.63) is 72.1 Å². The Morgan fingerprint density at radius 2 is 1.62 bits per heavy atom. The standard InChI is InChI=1S/C21H20N2O3/c24-20(21(13-7-8-14-21)17-11-5-2-6-12-17)25-15-18-22-23-19(26-18)16-9-3-1-4-10-16/h1-6,9-12H,7-8,13-15H2. The number of carbonyl (C=O) groups is 1. The molecule has 132 valence electrons. The second kappa shape index (κ2) is 7.12. The van der Waals surface area contributed by atoms with E-state index in [0.717, 1.165) is 36.8 Å². The summed E-state index contributed by atoms with van der Waals surface area (Å²) in [6.45, 7) is -0.00670. The molecule has 1 fully saturated rings. The molecule has 0 atom stereocenters. The Morgan fingerprint density at radius 3 is 2.31 bits per heavy atom. The molecule has 0 bridgehead atoms. The molecule has 0 amide bonds. The van der Waals surface area contributed by atoms with Crippen LogP contribution in [0.25, 0.3) is 11.5 Å². The minimum atomic E-state index is -0.552. The third-order valence-corrected chi connectivity index (χ3v) is 4.99. The Morgan fingerprint density at radius 1 is 0.962 bits per heavy atom. The maximum atomic E-state index is 12.9. The van der Waals surface area contributed by atoms with Crippen molar-refractivity contribution in [3.63, 3.8) is 0 Å². The van der Waals surface area contributed by atoms with Gasteiger partial charge >= 0.3 is 5.97 Å². The van der Waals surface area contributed by atoms with Crippen molar-refractivity contribution >= 4 is 5.97 Å². The zero-order valence-electron chi connectivity index (χ0n) is 14.4. The first kappa shape index (κ1) is 16.5. The van der Waals surface area contributed by atoms with Crippen LogP contribution in [-0.4, -0.2) is 16.2 Å². The molecule has 0 aliphatic heterocycles. The van der Waals surface area contributed by atoms with E-state index in [1.807, 2.05) is 60.7 Å². The fraction of sp³-hybridized carbons (Fsp3) is 0.286. The largest absolute Gasteiger partial charge is 0.455 e. The van der Waals surface area contributed by atoms with Crippen LogP contribution in [0.4, 0.5) is 0 Å². The first-order chi connectivity index (χ1) is 12.8. The van der Waals surface area contributed by atoms with Crippen molar-refractivity contribution < 1.29 is 13.9 Å². The van der Waals surface area contributed by atoms with Crippen LogP contribution in [0.2, 0.25) is 0 Å². The highest BCUT2D eigenvalue weighted by molar-refractivity contribution is 5.83. The fourth-order valence-corrected chi connectivity index (χ4v) is 3.62. The van der Waals surface area contributed by atoms with Crippen molar-refractivity contribution in [1.29, 1.82) is 0 Å². The molecule has 5 heteroatoms. The molecule has 1 aliphatic rings. The molecule has 26 heavy (non-hydrogen) atoms. The van der Waals surface area contributed by atoms with E-state index in [2.05, 4.69) is 10.2 Å². The number of esters is 1. The van der Waals surface area contributed by atoms with Crippen LogP contribution >= 0.6 is 0 Å². The highest BCUT2D eigenvalue weighted by Crippen LogP contribution is 2.42. The van der Waals surface area contributed by atoms with Crippen molar-refractivity contribution in [1.82, 2.24) is 10.2 Å². The molecular weight excluding hydrogens is 328 g/mol. The van der Waals surface area contributed by atoms with Crippen LogP contribution in [0.3, 0.4) is 0 Å². The van der Waals surface area contributed by atoms with E-state index in [4.69, 9.17) is 9.15 Å². The molecule has 0 radical (unpaired) electrons. The summed E-state index contributed by atoms with van der Waals surface area (Å²) in [5.41, 5.74) is 1.32. The summed E-state index contributed by atoms with van der Waals surface area (Å²) in [5.74, 6) is 0.523. The van der Waals surface area contributed by atoms with Crippen LogP contribution in [0.5, 0.6) is 0 Å². The maximum absolute atomic E-state index is 12.9. The number of ether oxygens (including phenoxy) is 1. The summed E-state index contributed by atoms with van der Waals surface area (Å²) in [4.78, 5) is 12.9. The van der Waals surface area contributed by atoms with Gasteiger partial charge in [-0.15, -0.1) is 10.2 Å². The summed E-state index contributed by atoms with van der Waals surface area (Å²) in [5, 5.41) is 8.02. The Labute approximate surface area is 152 Å². The number of nitrogens with zero attached hydrogens (tertiary/aromatic N) is 2. The number of rotatable bonds is 5. The monoisotopic (exact) mass is 348 g/mol. The zero-order valence-corrected chi connectivity index (χ0v) is 14.4. The molecule has 5 nitrogen and oxygen atoms in total. The van der Waals surface area contributed by atoms with E-state index in [-0.39, 0.29) is 12.6 Å². The minimum absolute atomic E-state index is 0.00670. The molecule has 2 aromatic carbocycles. The van der Waals surface area contributed by atoms with Gasteiger partial charge in [-0.25, -0.2) is 0 Å². The van der Waals surface area contributed by atoms with E-state index in [0.29, 0.717) is 11.8 Å². The summed E-state index contributed by atoms with van der Waals surface area (Å²) in [7, 11) is 0. The van der Waals surface area contributed by atoms with Crippen LogP contribution in [0.15, 0.2) is 65.1 Å². The number of hydrogen-bond acceptors (Lipinski definition) is 5. The lowest BCUT2D eigenvalue weighted by molar-refractivity contribution is -0.152. The third kappa shape index (κ3) is 3.12. The summed E-state index contributed by atoms with van der Waals surface area (Å²) < 4.78 is 11.2. The van der Waals surface area contributed by atoms with Crippen molar-refractivity contribution in [3.8, 4) is 11.5 Å². The van der Waals surface area contributed by atoms with E-state index in [9.17, 15) is 4.79 Å². The van der Waals surface area contributed by atoms with Crippen LogP contribution < -0.4 is 0 Å². The van der Waals surface area contributed by atoms with Gasteiger partial charge in [-0.2, -0.15) is 0 Å². The Balaban J connectivity index is 1.47. The van der Waals surface area contributed by atoms with Crippen LogP contribution in [0, 0.1) is 0 Å². The van der Waals surface area contributed by atoms with Gasteiger partial charge in [-0.3, -0.25) is 4.79 Å². The van der Waals surface area contributed by atoms with Gasteiger partial charge in [0.15, 0.2) is 6.61 Å². The van der Waals surface area contributed by atoms with Gasteiger partial charge in [0, 0.05) is 5.56 Å². The van der Waals surface area contributed by atoms with Crippen molar-refractivity contribution in [2.24, 2.45) is 0 Å². The zero-order chi connectivity index (χ0) is 17.8. The minimum Gasteiger partial charge on any atom is -0.455 e. The molecule has 1 heterocycles. The SMILES string of the molecule is O=C(OCc1nnc(-c2ccccc2)o1)C1(c2ccccc2)CCCC1. The summed E-state index contributed by atoms with van der Waals surface area (Å²) in [6.07, 6.45) is 3.69. The number of benzene rings is 2. The summed E-state index contributed by atoms with van der Waals surface area (Å²) in [6, 6.07) is 19.4. The van der Waals surface area contributed by atoms with E-state index in [1.165, 1.54) is 0 Å². The highest BCUT2D eigenvalue weighted by Gasteiger charge is 2.44. The van der Waals surface area contributed by atoms with Gasteiger partial charge in [0.2, 0.25) is 5.89 Å². The van der Waals surface area contributed by atoms with Crippen LogP contribution in [0.1, 0.15) is 37.1 Å². The van der Waals surface area contributed by atoms with Gasteiger partial charge < -0.3 is 9.15 Å². The second-order valence-electron chi connectivity index (χ2n) is 6.60. The molecule has 1 aliphatic carbocycles. The molecule has 1 aromatic heterocycles. The molecule has 0 unspecified atom stereocenters. The lowest BCUT2D eigenvalue weighted by Gasteiger charge is -2.26.